The number of unbranched alkanes of at least 4 members (excludes halogenated alkanes) is 1. The van der Waals surface area contributed by atoms with Crippen LogP contribution in [0.5, 0.6) is 0 Å². The normalized spacial score (nSPS) is 12.1. The van der Waals surface area contributed by atoms with E-state index in [0.29, 0.717) is 6.54 Å². The molecule has 0 radical (unpaired) electrons. The number of hydrogen-bond donors (Lipinski definition) is 2. The molecule has 0 amide bonds. The molecule has 2 heterocycles. The molecular formula is C17H28N6. The second-order valence-electron chi connectivity index (χ2n) is 6.06. The molecule has 6 heteroatoms. The first kappa shape index (κ1) is 17.2. The van der Waals surface area contributed by atoms with Gasteiger partial charge in [0.1, 0.15) is 6.54 Å². The molecule has 0 aliphatic carbocycles. The van der Waals surface area contributed by atoms with Gasteiger partial charge in [-0.1, -0.05) is 32.8 Å². The van der Waals surface area contributed by atoms with Crippen LogP contribution in [0.15, 0.2) is 29.4 Å². The summed E-state index contributed by atoms with van der Waals surface area (Å²) in [5.41, 5.74) is 0.851. The summed E-state index contributed by atoms with van der Waals surface area (Å²) >= 11 is 0. The Balaban J connectivity index is 1.88. The third-order valence-corrected chi connectivity index (χ3v) is 3.61. The van der Waals surface area contributed by atoms with Crippen molar-refractivity contribution in [1.29, 1.82) is 0 Å². The zero-order valence-electron chi connectivity index (χ0n) is 14.4. The van der Waals surface area contributed by atoms with Crippen LogP contribution < -0.4 is 10.6 Å². The van der Waals surface area contributed by atoms with Crippen molar-refractivity contribution in [3.63, 3.8) is 0 Å². The number of aromatic nitrogens is 3. The number of fused-ring (bicyclic) bond motifs is 1. The van der Waals surface area contributed by atoms with Gasteiger partial charge in [-0.2, -0.15) is 0 Å². The van der Waals surface area contributed by atoms with E-state index < -0.39 is 0 Å². The van der Waals surface area contributed by atoms with Gasteiger partial charge < -0.3 is 10.6 Å². The minimum atomic E-state index is 0.506. The molecule has 0 aliphatic rings. The van der Waals surface area contributed by atoms with E-state index in [9.17, 15) is 0 Å². The largest absolute Gasteiger partial charge is 0.357 e. The number of nitrogens with one attached hydrogen (secondary N) is 2. The van der Waals surface area contributed by atoms with Crippen molar-refractivity contribution in [2.24, 2.45) is 10.9 Å². The molecule has 0 atom stereocenters. The fourth-order valence-corrected chi connectivity index (χ4v) is 2.37. The van der Waals surface area contributed by atoms with Crippen LogP contribution in [0.3, 0.4) is 0 Å². The number of hydrogen-bond acceptors (Lipinski definition) is 3. The van der Waals surface area contributed by atoms with Gasteiger partial charge in [-0.3, -0.25) is 4.40 Å². The van der Waals surface area contributed by atoms with Crippen molar-refractivity contribution in [3.05, 3.63) is 30.2 Å². The van der Waals surface area contributed by atoms with E-state index in [4.69, 9.17) is 0 Å². The van der Waals surface area contributed by atoms with E-state index in [1.54, 1.807) is 0 Å². The molecule has 0 saturated heterocycles. The van der Waals surface area contributed by atoms with Gasteiger partial charge >= 0.3 is 0 Å². The molecule has 2 aromatic heterocycles. The molecule has 6 nitrogen and oxygen atoms in total. The van der Waals surface area contributed by atoms with Crippen molar-refractivity contribution in [2.45, 2.75) is 46.6 Å². The SMILES string of the molecule is CCNC(=NCc1nnc2ccccn12)NCCCCC(C)C. The first-order valence-electron chi connectivity index (χ1n) is 8.51. The van der Waals surface area contributed by atoms with Gasteiger partial charge in [0, 0.05) is 19.3 Å². The third kappa shape index (κ3) is 5.54. The summed E-state index contributed by atoms with van der Waals surface area (Å²) < 4.78 is 1.97. The Morgan fingerprint density at radius 2 is 2.09 bits per heavy atom. The van der Waals surface area contributed by atoms with Crippen molar-refractivity contribution >= 4 is 11.6 Å². The maximum absolute atomic E-state index is 4.61. The van der Waals surface area contributed by atoms with Gasteiger partial charge in [0.15, 0.2) is 17.4 Å². The van der Waals surface area contributed by atoms with Crippen LogP contribution in [0.4, 0.5) is 0 Å². The zero-order chi connectivity index (χ0) is 16.5. The molecule has 0 fully saturated rings. The predicted octanol–water partition coefficient (Wildman–Crippen LogP) is 2.61. The summed E-state index contributed by atoms with van der Waals surface area (Å²) in [6.45, 7) is 8.90. The molecular weight excluding hydrogens is 288 g/mol. The number of guanidine groups is 1. The number of nitrogens with zero attached hydrogens (tertiary/aromatic N) is 4. The second-order valence-corrected chi connectivity index (χ2v) is 6.06. The monoisotopic (exact) mass is 316 g/mol. The van der Waals surface area contributed by atoms with E-state index in [1.807, 2.05) is 28.8 Å². The Morgan fingerprint density at radius 3 is 2.87 bits per heavy atom. The van der Waals surface area contributed by atoms with Crippen LogP contribution in [0, 0.1) is 5.92 Å². The van der Waals surface area contributed by atoms with Gasteiger partial charge in [0.05, 0.1) is 0 Å². The average Bonchev–Trinajstić information content (AvgIpc) is 2.95. The quantitative estimate of drug-likeness (QED) is 0.446. The number of rotatable bonds is 8. The zero-order valence-corrected chi connectivity index (χ0v) is 14.4. The highest BCUT2D eigenvalue weighted by atomic mass is 15.3. The van der Waals surface area contributed by atoms with E-state index in [2.05, 4.69) is 46.6 Å². The minimum absolute atomic E-state index is 0.506. The fourth-order valence-electron chi connectivity index (χ4n) is 2.37. The van der Waals surface area contributed by atoms with Crippen LogP contribution in [0.25, 0.3) is 5.65 Å². The van der Waals surface area contributed by atoms with Gasteiger partial charge in [-0.25, -0.2) is 4.99 Å². The Morgan fingerprint density at radius 1 is 1.22 bits per heavy atom. The molecule has 2 rings (SSSR count). The summed E-state index contributed by atoms with van der Waals surface area (Å²) in [6, 6.07) is 5.87. The summed E-state index contributed by atoms with van der Waals surface area (Å²) in [7, 11) is 0. The molecule has 2 aromatic rings. The highest BCUT2D eigenvalue weighted by Crippen LogP contribution is 2.05. The molecule has 0 spiro atoms. The van der Waals surface area contributed by atoms with Crippen molar-refractivity contribution < 1.29 is 0 Å². The highest BCUT2D eigenvalue weighted by Gasteiger charge is 2.04. The smallest absolute Gasteiger partial charge is 0.191 e. The highest BCUT2D eigenvalue weighted by molar-refractivity contribution is 5.79. The summed E-state index contributed by atoms with van der Waals surface area (Å²) in [4.78, 5) is 4.61. The summed E-state index contributed by atoms with van der Waals surface area (Å²) in [5.74, 6) is 2.46. The van der Waals surface area contributed by atoms with Crippen molar-refractivity contribution in [2.75, 3.05) is 13.1 Å². The molecule has 0 bridgehead atoms. The lowest BCUT2D eigenvalue weighted by atomic mass is 10.1. The Labute approximate surface area is 138 Å². The van der Waals surface area contributed by atoms with Crippen molar-refractivity contribution in [1.82, 2.24) is 25.2 Å². The van der Waals surface area contributed by atoms with E-state index in [-0.39, 0.29) is 0 Å². The molecule has 0 aliphatic heterocycles. The topological polar surface area (TPSA) is 66.6 Å². The lowest BCUT2D eigenvalue weighted by molar-refractivity contribution is 0.534. The summed E-state index contributed by atoms with van der Waals surface area (Å²) in [6.07, 6.45) is 5.66. The maximum atomic E-state index is 4.61. The predicted molar refractivity (Wildman–Crippen MR) is 94.5 cm³/mol. The van der Waals surface area contributed by atoms with Gasteiger partial charge in [-0.15, -0.1) is 10.2 Å². The second kappa shape index (κ2) is 9.12. The first-order chi connectivity index (χ1) is 11.2. The van der Waals surface area contributed by atoms with E-state index in [0.717, 1.165) is 42.9 Å². The lowest BCUT2D eigenvalue weighted by Crippen LogP contribution is -2.37. The number of aliphatic imine (C=N–C) groups is 1. The van der Waals surface area contributed by atoms with Crippen LogP contribution in [-0.4, -0.2) is 33.6 Å². The van der Waals surface area contributed by atoms with Gasteiger partial charge in [-0.05, 0) is 31.4 Å². The van der Waals surface area contributed by atoms with E-state index >= 15 is 0 Å². The van der Waals surface area contributed by atoms with Gasteiger partial charge in [0.2, 0.25) is 0 Å². The van der Waals surface area contributed by atoms with Crippen LogP contribution in [-0.2, 0) is 6.54 Å². The molecule has 126 valence electrons. The van der Waals surface area contributed by atoms with Crippen LogP contribution in [0.2, 0.25) is 0 Å². The van der Waals surface area contributed by atoms with Crippen molar-refractivity contribution in [3.8, 4) is 0 Å². The third-order valence-electron chi connectivity index (χ3n) is 3.61. The fraction of sp³-hybridized carbons (Fsp3) is 0.588. The molecule has 2 N–H and O–H groups in total. The van der Waals surface area contributed by atoms with Gasteiger partial charge in [0.25, 0.3) is 0 Å². The maximum Gasteiger partial charge on any atom is 0.191 e. The van der Waals surface area contributed by atoms with E-state index in [1.165, 1.54) is 12.8 Å². The average molecular weight is 316 g/mol. The number of pyridine rings is 1. The Bertz CT molecular complexity index is 616. The molecule has 0 unspecified atom stereocenters. The Hall–Kier alpha value is -2.11. The molecule has 0 aromatic carbocycles. The molecule has 0 saturated carbocycles. The minimum Gasteiger partial charge on any atom is -0.357 e. The van der Waals surface area contributed by atoms with Crippen LogP contribution >= 0.6 is 0 Å². The lowest BCUT2D eigenvalue weighted by Gasteiger charge is -2.11. The standard InChI is InChI=1S/C17H28N6/c1-4-18-17(19-11-7-5-9-14(2)3)20-13-16-22-21-15-10-6-8-12-23(15)16/h6,8,10,12,14H,4-5,7,9,11,13H2,1-3H3,(H2,18,19,20). The summed E-state index contributed by atoms with van der Waals surface area (Å²) in [5, 5.41) is 15.0. The first-order valence-corrected chi connectivity index (χ1v) is 8.51. The van der Waals surface area contributed by atoms with Crippen LogP contribution in [0.1, 0.15) is 45.9 Å². The Kier molecular flexibility index (Phi) is 6.84. The molecule has 23 heavy (non-hydrogen) atoms.